The molecule has 0 spiro atoms. The van der Waals surface area contributed by atoms with Crippen LogP contribution in [0.5, 0.6) is 0 Å². The topological polar surface area (TPSA) is 23.5 Å². The third-order valence-corrected chi connectivity index (χ3v) is 4.15. The molecule has 0 fully saturated rings. The lowest BCUT2D eigenvalue weighted by atomic mass is 9.78. The average molecular weight is 359 g/mol. The molecule has 0 aliphatic heterocycles. The summed E-state index contributed by atoms with van der Waals surface area (Å²) in [5.41, 5.74) is -3.83. The number of aliphatic hydroxyl groups is 1. The van der Waals surface area contributed by atoms with E-state index in [0.717, 1.165) is 18.2 Å². The van der Waals surface area contributed by atoms with Crippen LogP contribution in [0.4, 0.5) is 27.6 Å². The molecule has 0 saturated heterocycles. The Kier molecular flexibility index (Phi) is 4.83. The zero-order chi connectivity index (χ0) is 19.0. The van der Waals surface area contributed by atoms with Gasteiger partial charge in [0.1, 0.15) is 0 Å². The SMILES string of the molecule is Cc1ccccc1C(O)(c1ccc(N(C)C)cc1)C(F)(F)C(F)(F)F. The lowest BCUT2D eigenvalue weighted by molar-refractivity contribution is -0.336. The molecule has 2 aromatic rings. The standard InChI is InChI=1S/C18H18F5NO/c1-12-6-4-5-7-15(12)16(25,17(19,20)18(21,22)23)13-8-10-14(11-9-13)24(2)3/h4-11,25H,1-3H3. The summed E-state index contributed by atoms with van der Waals surface area (Å²) < 4.78 is 68.2. The zero-order valence-electron chi connectivity index (χ0n) is 13.9. The Hall–Kier alpha value is -2.15. The van der Waals surface area contributed by atoms with Crippen molar-refractivity contribution < 1.29 is 27.1 Å². The minimum Gasteiger partial charge on any atom is -0.378 e. The van der Waals surface area contributed by atoms with Crippen LogP contribution in [0, 0.1) is 6.92 Å². The first-order chi connectivity index (χ1) is 11.4. The van der Waals surface area contributed by atoms with E-state index in [9.17, 15) is 27.1 Å². The van der Waals surface area contributed by atoms with Crippen LogP contribution < -0.4 is 4.90 Å². The molecule has 0 aromatic heterocycles. The van der Waals surface area contributed by atoms with E-state index < -0.39 is 28.8 Å². The number of aryl methyl sites for hydroxylation is 1. The van der Waals surface area contributed by atoms with Gasteiger partial charge >= 0.3 is 12.1 Å². The van der Waals surface area contributed by atoms with Gasteiger partial charge in [0, 0.05) is 19.8 Å². The first-order valence-corrected chi connectivity index (χ1v) is 7.44. The summed E-state index contributed by atoms with van der Waals surface area (Å²) >= 11 is 0. The largest absolute Gasteiger partial charge is 0.457 e. The van der Waals surface area contributed by atoms with Gasteiger partial charge in [0.25, 0.3) is 0 Å². The molecule has 0 saturated carbocycles. The second-order valence-corrected chi connectivity index (χ2v) is 6.04. The summed E-state index contributed by atoms with van der Waals surface area (Å²) in [7, 11) is 3.40. The van der Waals surface area contributed by atoms with Crippen molar-refractivity contribution in [3.8, 4) is 0 Å². The molecule has 2 aromatic carbocycles. The van der Waals surface area contributed by atoms with E-state index in [2.05, 4.69) is 0 Å². The van der Waals surface area contributed by atoms with Crippen LogP contribution in [-0.4, -0.2) is 31.3 Å². The Morgan fingerprint density at radius 2 is 1.36 bits per heavy atom. The molecule has 0 amide bonds. The van der Waals surface area contributed by atoms with E-state index in [1.807, 2.05) is 0 Å². The van der Waals surface area contributed by atoms with Crippen molar-refractivity contribution in [2.45, 2.75) is 24.6 Å². The maximum Gasteiger partial charge on any atom is 0.457 e. The fourth-order valence-electron chi connectivity index (χ4n) is 2.69. The van der Waals surface area contributed by atoms with Crippen LogP contribution >= 0.6 is 0 Å². The molecule has 0 heterocycles. The van der Waals surface area contributed by atoms with Gasteiger partial charge in [-0.25, -0.2) is 0 Å². The van der Waals surface area contributed by atoms with Gasteiger partial charge in [-0.05, 0) is 35.7 Å². The van der Waals surface area contributed by atoms with Gasteiger partial charge in [-0.2, -0.15) is 22.0 Å². The molecule has 1 atom stereocenters. The van der Waals surface area contributed by atoms with Crippen molar-refractivity contribution in [2.24, 2.45) is 0 Å². The Balaban J connectivity index is 2.76. The second-order valence-electron chi connectivity index (χ2n) is 6.04. The van der Waals surface area contributed by atoms with Gasteiger partial charge < -0.3 is 10.0 Å². The number of rotatable bonds is 4. The molecule has 1 N–H and O–H groups in total. The number of anilines is 1. The average Bonchev–Trinajstić information content (AvgIpc) is 2.53. The van der Waals surface area contributed by atoms with Crippen LogP contribution in [-0.2, 0) is 5.60 Å². The quantitative estimate of drug-likeness (QED) is 0.813. The second kappa shape index (κ2) is 6.29. The summed E-state index contributed by atoms with van der Waals surface area (Å²) in [5, 5.41) is 10.7. The minimum absolute atomic E-state index is 0.130. The minimum atomic E-state index is -5.93. The highest BCUT2D eigenvalue weighted by Crippen LogP contribution is 2.52. The molecule has 0 aliphatic carbocycles. The van der Waals surface area contributed by atoms with E-state index >= 15 is 0 Å². The van der Waals surface area contributed by atoms with E-state index in [4.69, 9.17) is 0 Å². The van der Waals surface area contributed by atoms with Crippen molar-refractivity contribution in [1.82, 2.24) is 0 Å². The number of hydrogen-bond acceptors (Lipinski definition) is 2. The van der Waals surface area contributed by atoms with Crippen LogP contribution in [0.15, 0.2) is 48.5 Å². The lowest BCUT2D eigenvalue weighted by Crippen LogP contribution is -2.55. The fraction of sp³-hybridized carbons (Fsp3) is 0.333. The van der Waals surface area contributed by atoms with Gasteiger partial charge in [0.2, 0.25) is 0 Å². The molecule has 0 radical (unpaired) electrons. The summed E-state index contributed by atoms with van der Waals surface area (Å²) in [6, 6.07) is 10.2. The monoisotopic (exact) mass is 359 g/mol. The Bertz CT molecular complexity index is 740. The molecule has 2 rings (SSSR count). The van der Waals surface area contributed by atoms with Gasteiger partial charge in [-0.3, -0.25) is 0 Å². The third-order valence-electron chi connectivity index (χ3n) is 4.15. The first kappa shape index (κ1) is 19.2. The van der Waals surface area contributed by atoms with Crippen molar-refractivity contribution in [3.05, 3.63) is 65.2 Å². The van der Waals surface area contributed by atoms with Crippen molar-refractivity contribution in [1.29, 1.82) is 0 Å². The predicted molar refractivity (Wildman–Crippen MR) is 85.9 cm³/mol. The Morgan fingerprint density at radius 3 is 1.80 bits per heavy atom. The number of benzene rings is 2. The first-order valence-electron chi connectivity index (χ1n) is 7.44. The maximum atomic E-state index is 14.4. The summed E-state index contributed by atoms with van der Waals surface area (Å²) in [4.78, 5) is 1.67. The third kappa shape index (κ3) is 3.08. The van der Waals surface area contributed by atoms with Crippen molar-refractivity contribution in [3.63, 3.8) is 0 Å². The van der Waals surface area contributed by atoms with Gasteiger partial charge in [-0.1, -0.05) is 36.4 Å². The normalized spacial score (nSPS) is 14.9. The van der Waals surface area contributed by atoms with Crippen LogP contribution in [0.1, 0.15) is 16.7 Å². The summed E-state index contributed by atoms with van der Waals surface area (Å²) in [5.74, 6) is -5.38. The van der Waals surface area contributed by atoms with Crippen LogP contribution in [0.2, 0.25) is 0 Å². The number of alkyl halides is 5. The van der Waals surface area contributed by atoms with E-state index in [0.29, 0.717) is 5.69 Å². The van der Waals surface area contributed by atoms with E-state index in [1.54, 1.807) is 19.0 Å². The molecular formula is C18H18F5NO. The fourth-order valence-corrected chi connectivity index (χ4v) is 2.69. The zero-order valence-corrected chi connectivity index (χ0v) is 13.9. The van der Waals surface area contributed by atoms with Crippen molar-refractivity contribution >= 4 is 5.69 Å². The van der Waals surface area contributed by atoms with E-state index in [1.165, 1.54) is 37.3 Å². The Labute approximate surface area is 142 Å². The molecule has 25 heavy (non-hydrogen) atoms. The number of halogens is 5. The highest BCUT2D eigenvalue weighted by atomic mass is 19.4. The van der Waals surface area contributed by atoms with Gasteiger partial charge in [-0.15, -0.1) is 0 Å². The van der Waals surface area contributed by atoms with Crippen molar-refractivity contribution in [2.75, 3.05) is 19.0 Å². The molecule has 0 aliphatic rings. The molecule has 136 valence electrons. The maximum absolute atomic E-state index is 14.4. The number of hydrogen-bond donors (Lipinski definition) is 1. The molecule has 1 unspecified atom stereocenters. The molecular weight excluding hydrogens is 341 g/mol. The molecule has 7 heteroatoms. The lowest BCUT2D eigenvalue weighted by Gasteiger charge is -2.38. The van der Waals surface area contributed by atoms with E-state index in [-0.39, 0.29) is 5.56 Å². The summed E-state index contributed by atoms with van der Waals surface area (Å²) in [6.45, 7) is 1.38. The van der Waals surface area contributed by atoms with Gasteiger partial charge in [0.05, 0.1) is 0 Å². The Morgan fingerprint density at radius 1 is 0.840 bits per heavy atom. The predicted octanol–water partition coefficient (Wildman–Crippen LogP) is 4.49. The molecule has 0 bridgehead atoms. The van der Waals surface area contributed by atoms with Crippen LogP contribution in [0.25, 0.3) is 0 Å². The van der Waals surface area contributed by atoms with Crippen LogP contribution in [0.3, 0.4) is 0 Å². The summed E-state index contributed by atoms with van der Waals surface area (Å²) in [6.07, 6.45) is -5.93. The highest BCUT2D eigenvalue weighted by molar-refractivity contribution is 5.50. The van der Waals surface area contributed by atoms with Gasteiger partial charge in [0.15, 0.2) is 5.60 Å². The smallest absolute Gasteiger partial charge is 0.378 e. The molecule has 2 nitrogen and oxygen atoms in total. The number of nitrogens with zero attached hydrogens (tertiary/aromatic N) is 1. The highest BCUT2D eigenvalue weighted by Gasteiger charge is 2.71.